The normalized spacial score (nSPS) is 18.7. The van der Waals surface area contributed by atoms with Crippen LogP contribution in [0.25, 0.3) is 0 Å². The summed E-state index contributed by atoms with van der Waals surface area (Å²) in [6.45, 7) is 9.48. The molecule has 4 aromatic rings. The van der Waals surface area contributed by atoms with Gasteiger partial charge in [0.05, 0.1) is 18.2 Å². The fourth-order valence-corrected chi connectivity index (χ4v) is 17.7. The zero-order valence-electron chi connectivity index (χ0n) is 45.7. The molecule has 5 aliphatic carbocycles. The average molecular weight is 1420 g/mol. The van der Waals surface area contributed by atoms with E-state index in [9.17, 15) is 50.4 Å². The Hall–Kier alpha value is -1.68. The van der Waals surface area contributed by atoms with Gasteiger partial charge >= 0.3 is 120 Å². The number of nitriles is 3. The van der Waals surface area contributed by atoms with E-state index in [1.54, 1.807) is 41.4 Å². The Morgan fingerprint density at radius 1 is 0.386 bits per heavy atom. The van der Waals surface area contributed by atoms with E-state index in [2.05, 4.69) is 174 Å². The molecule has 2 atom stereocenters. The van der Waals surface area contributed by atoms with Gasteiger partial charge in [-0.2, -0.15) is 15.8 Å². The van der Waals surface area contributed by atoms with Crippen LogP contribution in [0.1, 0.15) is 66.7 Å². The van der Waals surface area contributed by atoms with Crippen LogP contribution in [-0.4, -0.2) is 17.0 Å². The average Bonchev–Trinajstić information content (AvgIpc) is 4.26. The number of halogens is 12. The van der Waals surface area contributed by atoms with E-state index in [1.807, 2.05) is 64.2 Å². The monoisotopic (exact) mass is 1420 g/mol. The minimum Gasteiger partial charge on any atom is -0.0312 e. The van der Waals surface area contributed by atoms with Gasteiger partial charge in [0.15, 0.2) is 0 Å². The van der Waals surface area contributed by atoms with Gasteiger partial charge in [0.1, 0.15) is 0 Å². The van der Waals surface area contributed by atoms with E-state index in [0.717, 1.165) is 5.66 Å². The summed E-state index contributed by atoms with van der Waals surface area (Å²) in [4.78, 5) is 0. The first-order chi connectivity index (χ1) is 37.3. The quantitative estimate of drug-likeness (QED) is 0.0853. The van der Waals surface area contributed by atoms with E-state index in [0.29, 0.717) is 11.3 Å². The van der Waals surface area contributed by atoms with Crippen molar-refractivity contribution in [1.29, 1.82) is 15.8 Å². The summed E-state index contributed by atoms with van der Waals surface area (Å²) < 4.78 is 118. The van der Waals surface area contributed by atoms with E-state index < -0.39 is 31.5 Å². The zero-order valence-corrected chi connectivity index (χ0v) is 54.1. The molecule has 5 aliphatic rings. The molecule has 0 N–H and O–H groups in total. The number of hydrogen-bond donors (Lipinski definition) is 0. The Morgan fingerprint density at radius 3 is 0.795 bits per heavy atom. The van der Waals surface area contributed by atoms with Crippen molar-refractivity contribution in [1.82, 2.24) is 0 Å². The van der Waals surface area contributed by atoms with Crippen LogP contribution >= 0.6 is 39.4 Å². The summed E-state index contributed by atoms with van der Waals surface area (Å²) in [6.07, 6.45) is 41.5. The largest absolute Gasteiger partial charge is 2.00 e. The van der Waals surface area contributed by atoms with Crippen LogP contribution in [0.3, 0.4) is 0 Å². The molecule has 83 heavy (non-hydrogen) atoms. The van der Waals surface area contributed by atoms with Crippen molar-refractivity contribution in [2.24, 2.45) is 0 Å². The summed E-state index contributed by atoms with van der Waals surface area (Å²) in [5.41, 5.74) is 4.95. The van der Waals surface area contributed by atoms with Crippen LogP contribution < -0.4 is 21.2 Å². The summed E-state index contributed by atoms with van der Waals surface area (Å²) in [7, 11) is -22.9. The van der Waals surface area contributed by atoms with Crippen molar-refractivity contribution >= 4 is 60.6 Å². The zero-order chi connectivity index (χ0) is 60.0. The molecule has 3 nitrogen and oxygen atoms in total. The second kappa shape index (κ2) is 38.7. The fraction of sp³-hybridized carbons (Fsp3) is 0.217. The third-order valence-electron chi connectivity index (χ3n) is 11.1. The van der Waals surface area contributed by atoms with Crippen molar-refractivity contribution in [3.05, 3.63) is 247 Å². The first kappa shape index (κ1) is 83.4. The van der Waals surface area contributed by atoms with Crippen LogP contribution in [0.4, 0.5) is 50.4 Å². The first-order valence-corrected chi connectivity index (χ1v) is 33.1. The second-order valence-corrected chi connectivity index (χ2v) is 28.7. The van der Waals surface area contributed by atoms with Gasteiger partial charge in [-0.05, 0) is 181 Å². The smallest absolute Gasteiger partial charge is 0.0312 e. The van der Waals surface area contributed by atoms with E-state index in [4.69, 9.17) is 15.8 Å². The Balaban J connectivity index is 0. The van der Waals surface area contributed by atoms with Gasteiger partial charge in [-0.25, -0.2) is 0 Å². The standard InChI is InChI=1S/C44H45P3.2C5H5.3C2H3N.2F6P.2Fe.Ru/c1-34(41-30-18-32-43(41)46(37-22-10-4-11-23-37)38-24-12-5-13-25-38)45(36-20-8-3-9-21-36)35(2)42-31-19-33-44(42)47(39-26-14-6-15-27-39)40-28-16-7-17-29-40;2*1-2-4-5-3-1;3*1-2-3;2*1-7(2,3,4,5)6;;;/h4-7,10-19,22-36H,3,8-9,20-21H2,1-2H3;2*1-5H;3*1H3;;;;;/q;;;;;;2*-1;3*+2/t34-,35-;;;;;;;;;;/m1........../s1. The molecule has 0 heterocycles. The minimum atomic E-state index is -10.7. The fourth-order valence-electron chi connectivity index (χ4n) is 8.44. The Kier molecular flexibility index (Phi) is 38.8. The number of benzene rings is 4. The second-order valence-electron chi connectivity index (χ2n) is 17.3. The molecular weight excluding hydrogens is 1360 g/mol. The van der Waals surface area contributed by atoms with Gasteiger partial charge in [-0.3, -0.25) is 0 Å². The van der Waals surface area contributed by atoms with Crippen molar-refractivity contribution in [3.8, 4) is 18.2 Å². The van der Waals surface area contributed by atoms with Gasteiger partial charge in [0.25, 0.3) is 0 Å². The molecule has 0 saturated heterocycles. The summed E-state index contributed by atoms with van der Waals surface area (Å²) in [6, 6.07) is 50.3. The van der Waals surface area contributed by atoms with Gasteiger partial charge in [0.2, 0.25) is 0 Å². The van der Waals surface area contributed by atoms with E-state index in [-0.39, 0.29) is 61.5 Å². The maximum Gasteiger partial charge on any atom is 2.00 e. The molecule has 0 unspecified atom stereocenters. The molecule has 0 amide bonds. The van der Waals surface area contributed by atoms with Crippen LogP contribution in [0, 0.1) is 160 Å². The van der Waals surface area contributed by atoms with Gasteiger partial charge < -0.3 is 0 Å². The van der Waals surface area contributed by atoms with Crippen LogP contribution in [0.5, 0.6) is 0 Å². The van der Waals surface area contributed by atoms with Crippen LogP contribution in [-0.2, 0) is 53.6 Å². The SMILES string of the molecule is CC#N.CC#N.CC#N.C[C@H]([C]1[CH][CH][CH][C]1P(c1ccccc1)c1ccccc1)P(C1CCCCC1)[C@H](C)[C]1[CH][CH][CH][C]1P(c1ccccc1)c1ccccc1.F[P-](F)(F)(F)(F)F.F[P-](F)(F)(F)(F)F.[CH]1[CH][CH][CH][CH]1.[CH]1[CH][CH][CH][CH]1.[Fe+2].[Fe+2].[Ru+2]. The van der Waals surface area contributed by atoms with Crippen molar-refractivity contribution in [2.45, 2.75) is 83.7 Å². The van der Waals surface area contributed by atoms with Gasteiger partial charge in [-0.1, -0.05) is 162 Å². The molecule has 5 saturated carbocycles. The molecule has 23 heteroatoms. The Bertz CT molecular complexity index is 2160. The summed E-state index contributed by atoms with van der Waals surface area (Å²) in [5, 5.41) is 27.7. The minimum absolute atomic E-state index is 0. The molecule has 4 aromatic carbocycles. The molecule has 5 fully saturated rings. The third kappa shape index (κ3) is 39.1. The summed E-state index contributed by atoms with van der Waals surface area (Å²) in [5.74, 6) is 3.18. The number of rotatable bonds is 11. The molecule has 9 rings (SSSR count). The number of nitrogens with zero attached hydrogens (tertiary/aromatic N) is 3. The van der Waals surface area contributed by atoms with E-state index >= 15 is 0 Å². The Morgan fingerprint density at radius 2 is 0.590 bits per heavy atom. The Labute approximate surface area is 525 Å². The van der Waals surface area contributed by atoms with E-state index in [1.165, 1.54) is 74.1 Å². The maximum absolute atomic E-state index is 10.7. The predicted octanol–water partition coefficient (Wildman–Crippen LogP) is 20.7. The topological polar surface area (TPSA) is 71.4 Å². The summed E-state index contributed by atoms with van der Waals surface area (Å²) >= 11 is 0. The van der Waals surface area contributed by atoms with Crippen LogP contribution in [0.15, 0.2) is 121 Å². The maximum atomic E-state index is 9.87. The molecule has 0 aromatic heterocycles. The van der Waals surface area contributed by atoms with Gasteiger partial charge in [0, 0.05) is 32.1 Å². The molecule has 0 aliphatic heterocycles. The molecule has 448 valence electrons. The van der Waals surface area contributed by atoms with Crippen molar-refractivity contribution < 1.29 is 104 Å². The van der Waals surface area contributed by atoms with Crippen molar-refractivity contribution in [3.63, 3.8) is 0 Å². The van der Waals surface area contributed by atoms with Crippen LogP contribution in [0.2, 0.25) is 0 Å². The van der Waals surface area contributed by atoms with Crippen molar-refractivity contribution in [2.75, 3.05) is 0 Å². The molecular formula is C60H64F12Fe2N3P5Ru+4. The molecule has 0 bridgehead atoms. The molecule has 20 radical (unpaired) electrons. The van der Waals surface area contributed by atoms with Gasteiger partial charge in [-0.15, -0.1) is 0 Å². The predicted molar refractivity (Wildman–Crippen MR) is 314 cm³/mol. The number of hydrogen-bond acceptors (Lipinski definition) is 3. The third-order valence-corrected chi connectivity index (χ3v) is 19.8. The first-order valence-electron chi connectivity index (χ1n) is 24.8. The molecule has 0 spiro atoms.